The predicted octanol–water partition coefficient (Wildman–Crippen LogP) is -0.241. The lowest BCUT2D eigenvalue weighted by molar-refractivity contribution is -0.0249. The number of imidazole rings is 1. The number of ether oxygens (including phenoxy) is 1. The number of nitrogens with one attached hydrogen (secondary N) is 2. The lowest BCUT2D eigenvalue weighted by Crippen LogP contribution is -2.32. The van der Waals surface area contributed by atoms with E-state index < -0.39 is 31.0 Å². The Morgan fingerprint density at radius 2 is 1.96 bits per heavy atom. The molecule has 5 N–H and O–H groups in total. The fourth-order valence-electron chi connectivity index (χ4n) is 2.91. The number of aliphatic hydroxyl groups excluding tert-OH is 3. The van der Waals surface area contributed by atoms with Crippen LogP contribution in [-0.4, -0.2) is 66.1 Å². The number of rotatable bonds is 4. The van der Waals surface area contributed by atoms with Crippen molar-refractivity contribution in [1.82, 2.24) is 19.9 Å². The molecule has 1 aromatic carbocycles. The molecule has 1 fully saturated rings. The van der Waals surface area contributed by atoms with E-state index in [0.717, 1.165) is 0 Å². The van der Waals surface area contributed by atoms with E-state index in [1.807, 2.05) is 6.07 Å². The average molecular weight is 371 g/mol. The molecule has 2 aromatic heterocycles. The van der Waals surface area contributed by atoms with Crippen molar-refractivity contribution in [3.8, 4) is 0 Å². The van der Waals surface area contributed by atoms with Gasteiger partial charge in [-0.05, 0) is 12.1 Å². The Bertz CT molecular complexity index is 963. The lowest BCUT2D eigenvalue weighted by Gasteiger charge is -2.11. The molecule has 3 aromatic rings. The number of fused-ring (bicyclic) bond motifs is 1. The summed E-state index contributed by atoms with van der Waals surface area (Å²) in [6.07, 6.45) is -2.85. The third-order valence-corrected chi connectivity index (χ3v) is 4.33. The zero-order valence-corrected chi connectivity index (χ0v) is 14.0. The first kappa shape index (κ1) is 17.5. The molecule has 0 saturated carbocycles. The van der Waals surface area contributed by atoms with Crippen LogP contribution >= 0.6 is 0 Å². The van der Waals surface area contributed by atoms with Gasteiger partial charge in [-0.3, -0.25) is 10.1 Å². The van der Waals surface area contributed by atoms with Crippen molar-refractivity contribution >= 4 is 23.0 Å². The van der Waals surface area contributed by atoms with E-state index in [-0.39, 0.29) is 23.3 Å². The molecule has 140 valence electrons. The summed E-state index contributed by atoms with van der Waals surface area (Å²) in [6, 6.07) is 8.65. The molecule has 4 rings (SSSR count). The van der Waals surface area contributed by atoms with Crippen LogP contribution in [0.4, 0.5) is 5.95 Å². The maximum Gasteiger partial charge on any atom is 0.258 e. The second-order valence-electron chi connectivity index (χ2n) is 6.13. The molecular formula is C17H17N5O5. The van der Waals surface area contributed by atoms with Gasteiger partial charge < -0.3 is 25.0 Å². The second kappa shape index (κ2) is 7.00. The number of amides is 1. The molecule has 4 atom stereocenters. The van der Waals surface area contributed by atoms with Crippen molar-refractivity contribution in [2.75, 3.05) is 11.9 Å². The van der Waals surface area contributed by atoms with Crippen LogP contribution in [0, 0.1) is 0 Å². The monoisotopic (exact) mass is 371 g/mol. The van der Waals surface area contributed by atoms with E-state index in [1.54, 1.807) is 24.3 Å². The maximum atomic E-state index is 12.2. The van der Waals surface area contributed by atoms with Gasteiger partial charge in [0.25, 0.3) is 5.91 Å². The minimum absolute atomic E-state index is 0.0792. The average Bonchev–Trinajstić information content (AvgIpc) is 3.23. The topological polar surface area (TPSA) is 153 Å². The fraction of sp³-hybridized carbons (Fsp3) is 0.294. The third kappa shape index (κ3) is 3.26. The summed E-state index contributed by atoms with van der Waals surface area (Å²) >= 11 is 0. The van der Waals surface area contributed by atoms with Crippen LogP contribution in [0.2, 0.25) is 0 Å². The molecule has 1 aliphatic heterocycles. The van der Waals surface area contributed by atoms with Gasteiger partial charge in [-0.1, -0.05) is 18.2 Å². The highest BCUT2D eigenvalue weighted by molar-refractivity contribution is 6.03. The molecule has 0 bridgehead atoms. The first-order valence-electron chi connectivity index (χ1n) is 8.28. The van der Waals surface area contributed by atoms with Crippen LogP contribution in [-0.2, 0) is 4.74 Å². The third-order valence-electron chi connectivity index (χ3n) is 4.33. The molecule has 1 unspecified atom stereocenters. The van der Waals surface area contributed by atoms with E-state index in [0.29, 0.717) is 11.1 Å². The van der Waals surface area contributed by atoms with Gasteiger partial charge >= 0.3 is 0 Å². The number of carbonyl (C=O) groups is 1. The highest BCUT2D eigenvalue weighted by atomic mass is 16.6. The number of aromatic nitrogens is 4. The molecule has 0 radical (unpaired) electrons. The second-order valence-corrected chi connectivity index (χ2v) is 6.13. The highest BCUT2D eigenvalue weighted by Gasteiger charge is 2.44. The summed E-state index contributed by atoms with van der Waals surface area (Å²) in [5, 5.41) is 31.7. The molecule has 3 heterocycles. The number of H-pyrrole nitrogens is 1. The number of aliphatic hydroxyl groups is 3. The van der Waals surface area contributed by atoms with E-state index in [9.17, 15) is 20.1 Å². The van der Waals surface area contributed by atoms with Gasteiger partial charge in [-0.2, -0.15) is 4.98 Å². The Balaban J connectivity index is 1.56. The summed E-state index contributed by atoms with van der Waals surface area (Å²) in [4.78, 5) is 27.6. The molecule has 10 nitrogen and oxygen atoms in total. The van der Waals surface area contributed by atoms with Crippen molar-refractivity contribution in [2.24, 2.45) is 0 Å². The summed E-state index contributed by atoms with van der Waals surface area (Å²) < 4.78 is 5.44. The Labute approximate surface area is 152 Å². The lowest BCUT2D eigenvalue weighted by atomic mass is 10.1. The minimum atomic E-state index is -1.24. The Hall–Kier alpha value is -2.92. The molecule has 0 spiro atoms. The smallest absolute Gasteiger partial charge is 0.258 e. The fourth-order valence-corrected chi connectivity index (χ4v) is 2.91. The molecular weight excluding hydrogens is 354 g/mol. The molecule has 1 amide bonds. The zero-order valence-electron chi connectivity index (χ0n) is 14.0. The van der Waals surface area contributed by atoms with Crippen LogP contribution in [0.1, 0.15) is 22.3 Å². The van der Waals surface area contributed by atoms with Gasteiger partial charge in [-0.25, -0.2) is 9.97 Å². The van der Waals surface area contributed by atoms with Crippen LogP contribution in [0.3, 0.4) is 0 Å². The van der Waals surface area contributed by atoms with Crippen molar-refractivity contribution in [3.63, 3.8) is 0 Å². The normalized spacial score (nSPS) is 25.0. The number of carbonyl (C=O) groups excluding carboxylic acids is 1. The summed E-state index contributed by atoms with van der Waals surface area (Å²) in [5.41, 5.74) is 1.21. The summed E-state index contributed by atoms with van der Waals surface area (Å²) in [5.74, 6) is -0.0296. The van der Waals surface area contributed by atoms with Gasteiger partial charge in [0.15, 0.2) is 5.65 Å². The highest BCUT2D eigenvalue weighted by Crippen LogP contribution is 2.32. The van der Waals surface area contributed by atoms with Crippen LogP contribution < -0.4 is 5.32 Å². The molecule has 10 heteroatoms. The number of aromatic amines is 1. The van der Waals surface area contributed by atoms with E-state index in [4.69, 9.17) is 4.74 Å². The SMILES string of the molecule is O=C(Nc1ncc2[nH]c(C3O[C@H](CO)[C@@H](O)[C@@H]3O)nc2n1)c1ccccc1. The van der Waals surface area contributed by atoms with Gasteiger partial charge in [0.2, 0.25) is 5.95 Å². The van der Waals surface area contributed by atoms with Crippen LogP contribution in [0.15, 0.2) is 36.5 Å². The van der Waals surface area contributed by atoms with Gasteiger partial charge in [0.05, 0.1) is 12.8 Å². The van der Waals surface area contributed by atoms with Gasteiger partial charge in [-0.15, -0.1) is 0 Å². The van der Waals surface area contributed by atoms with Crippen molar-refractivity contribution in [3.05, 3.63) is 47.9 Å². The maximum absolute atomic E-state index is 12.2. The van der Waals surface area contributed by atoms with Crippen LogP contribution in [0.25, 0.3) is 11.2 Å². The van der Waals surface area contributed by atoms with Crippen molar-refractivity contribution in [1.29, 1.82) is 0 Å². The zero-order chi connectivity index (χ0) is 19.0. The van der Waals surface area contributed by atoms with E-state index >= 15 is 0 Å². The number of benzene rings is 1. The predicted molar refractivity (Wildman–Crippen MR) is 92.8 cm³/mol. The quantitative estimate of drug-likeness (QED) is 0.421. The number of anilines is 1. The van der Waals surface area contributed by atoms with E-state index in [1.165, 1.54) is 6.20 Å². The van der Waals surface area contributed by atoms with Crippen molar-refractivity contribution < 1.29 is 24.9 Å². The Kier molecular flexibility index (Phi) is 4.54. The first-order valence-corrected chi connectivity index (χ1v) is 8.28. The molecule has 1 aliphatic rings. The molecule has 0 aliphatic carbocycles. The Morgan fingerprint density at radius 1 is 1.19 bits per heavy atom. The largest absolute Gasteiger partial charge is 0.394 e. The number of hydrogen-bond donors (Lipinski definition) is 5. The summed E-state index contributed by atoms with van der Waals surface area (Å²) in [7, 11) is 0. The minimum Gasteiger partial charge on any atom is -0.394 e. The standard InChI is InChI=1S/C17H17N5O5/c23-7-10-11(24)12(25)13(27-10)15-19-9-6-18-17(21-14(9)20-15)22-16(26)8-4-2-1-3-5-8/h1-6,10-13,23-25H,7H2,(H2,18,19,20,21,22,26)/t10-,11-,12+,13?/m1/s1. The van der Waals surface area contributed by atoms with Crippen molar-refractivity contribution in [2.45, 2.75) is 24.4 Å². The number of hydrogen-bond acceptors (Lipinski definition) is 8. The summed E-state index contributed by atoms with van der Waals surface area (Å²) in [6.45, 7) is -0.426. The number of nitrogens with zero attached hydrogens (tertiary/aromatic N) is 3. The molecule has 1 saturated heterocycles. The van der Waals surface area contributed by atoms with Gasteiger partial charge in [0.1, 0.15) is 35.8 Å². The van der Waals surface area contributed by atoms with Crippen LogP contribution in [0.5, 0.6) is 0 Å². The molecule has 27 heavy (non-hydrogen) atoms. The van der Waals surface area contributed by atoms with Gasteiger partial charge in [0, 0.05) is 5.56 Å². The first-order chi connectivity index (χ1) is 13.1. The Morgan fingerprint density at radius 3 is 2.67 bits per heavy atom. The van der Waals surface area contributed by atoms with E-state index in [2.05, 4.69) is 25.3 Å².